The number of ketones is 2. The van der Waals surface area contributed by atoms with E-state index >= 15 is 14.4 Å². The Hall–Kier alpha value is -5.81. The van der Waals surface area contributed by atoms with Gasteiger partial charge < -0.3 is 59.9 Å². The Labute approximate surface area is 533 Å². The molecule has 1 aliphatic rings. The van der Waals surface area contributed by atoms with E-state index in [4.69, 9.17) is 4.74 Å². The molecule has 4 N–H and O–H groups in total. The molecule has 12 unspecified atom stereocenters. The van der Waals surface area contributed by atoms with Gasteiger partial charge in [0, 0.05) is 68.1 Å². The molecule has 0 aromatic heterocycles. The van der Waals surface area contributed by atoms with Gasteiger partial charge in [-0.05, 0) is 93.8 Å². The van der Waals surface area contributed by atoms with E-state index in [1.807, 2.05) is 68.4 Å². The molecule has 0 bridgehead atoms. The molecule has 1 aliphatic heterocycles. The Morgan fingerprint density at radius 1 is 0.528 bits per heavy atom. The van der Waals surface area contributed by atoms with E-state index in [0.717, 1.165) is 4.90 Å². The lowest BCUT2D eigenvalue weighted by atomic mass is 9.86. The number of nitrogens with one attached hydrogen (secondary N) is 2. The molecule has 0 spiro atoms. The maximum atomic E-state index is 15.2. The number of Topliss-reactive ketones (excluding diaryl/α,β-unsaturated/α-hetero) is 2. The molecule has 0 aromatic carbocycles. The monoisotopic (exact) mass is 1260 g/mol. The number of aliphatic hydroxyl groups is 2. The quantitative estimate of drug-likeness (QED) is 0.103. The summed E-state index contributed by atoms with van der Waals surface area (Å²) in [5, 5.41) is 27.5. The second-order valence-corrected chi connectivity index (χ2v) is 27.3. The van der Waals surface area contributed by atoms with Crippen LogP contribution >= 0.6 is 0 Å². The van der Waals surface area contributed by atoms with Crippen LogP contribution in [0.25, 0.3) is 0 Å². The highest BCUT2D eigenvalue weighted by Crippen LogP contribution is 2.28. The van der Waals surface area contributed by atoms with Crippen LogP contribution in [-0.4, -0.2) is 239 Å². The Bertz CT molecular complexity index is 2400. The summed E-state index contributed by atoms with van der Waals surface area (Å²) in [5.41, 5.74) is 0. The molecule has 1 heterocycles. The molecular weight excluding hydrogens is 1140 g/mol. The van der Waals surface area contributed by atoms with Gasteiger partial charge in [-0.3, -0.25) is 52.7 Å². The van der Waals surface area contributed by atoms with Gasteiger partial charge in [-0.2, -0.15) is 0 Å². The smallest absolute Gasteiger partial charge is 0.246 e. The maximum Gasteiger partial charge on any atom is 0.246 e. The summed E-state index contributed by atoms with van der Waals surface area (Å²) < 4.78 is 5.68. The van der Waals surface area contributed by atoms with Crippen LogP contribution in [0.5, 0.6) is 0 Å². The predicted octanol–water partition coefficient (Wildman–Crippen LogP) is 4.44. The third-order valence-corrected chi connectivity index (χ3v) is 17.1. The van der Waals surface area contributed by atoms with Gasteiger partial charge in [0.1, 0.15) is 42.3 Å². The fourth-order valence-corrected chi connectivity index (χ4v) is 11.5. The van der Waals surface area contributed by atoms with Gasteiger partial charge in [-0.25, -0.2) is 0 Å². The fourth-order valence-electron chi connectivity index (χ4n) is 11.5. The van der Waals surface area contributed by atoms with Crippen molar-refractivity contribution >= 4 is 64.7 Å². The Balaban J connectivity index is 4.44. The van der Waals surface area contributed by atoms with Gasteiger partial charge in [0.15, 0.2) is 11.6 Å². The molecule has 1 saturated heterocycles. The lowest BCUT2D eigenvalue weighted by Crippen LogP contribution is -2.61. The largest absolute Gasteiger partial charge is 0.394 e. The topological polar surface area (TPSA) is 284 Å². The average molecular weight is 1260 g/mol. The molecule has 12 atom stereocenters. The summed E-state index contributed by atoms with van der Waals surface area (Å²) in [4.78, 5) is 171. The first-order chi connectivity index (χ1) is 41.2. The minimum atomic E-state index is -1.52. The number of allylic oxidation sites excluding steroid dienone is 2. The lowest BCUT2D eigenvalue weighted by molar-refractivity contribution is -0.157. The molecule has 510 valence electrons. The predicted molar refractivity (Wildman–Crippen MR) is 343 cm³/mol. The normalized spacial score (nSPS) is 26.4. The third-order valence-electron chi connectivity index (χ3n) is 17.1. The summed E-state index contributed by atoms with van der Waals surface area (Å²) in [6.45, 7) is 27.1. The number of hydrogen-bond acceptors (Lipinski definition) is 14. The van der Waals surface area contributed by atoms with Crippen LogP contribution in [0.15, 0.2) is 12.2 Å². The van der Waals surface area contributed by atoms with Crippen molar-refractivity contribution in [2.45, 2.75) is 217 Å². The summed E-state index contributed by atoms with van der Waals surface area (Å²) in [6.07, 6.45) is 2.24. The third kappa shape index (κ3) is 23.7. The van der Waals surface area contributed by atoms with Gasteiger partial charge in [0.25, 0.3) is 0 Å². The number of nitrogens with zero attached hydrogens (tertiary/aromatic N) is 7. The van der Waals surface area contributed by atoms with E-state index in [9.17, 15) is 48.6 Å². The zero-order valence-corrected chi connectivity index (χ0v) is 58.5. The number of hydrogen-bond donors (Lipinski definition) is 4. The molecule has 0 saturated carbocycles. The van der Waals surface area contributed by atoms with E-state index in [1.165, 1.54) is 85.7 Å². The average Bonchev–Trinajstić information content (AvgIpc) is 2.46. The van der Waals surface area contributed by atoms with Crippen molar-refractivity contribution in [2.75, 3.05) is 75.7 Å². The Kier molecular flexibility index (Phi) is 34.8. The highest BCUT2D eigenvalue weighted by atomic mass is 16.5. The van der Waals surface area contributed by atoms with Crippen molar-refractivity contribution in [1.29, 1.82) is 0 Å². The van der Waals surface area contributed by atoms with E-state index < -0.39 is 175 Å². The van der Waals surface area contributed by atoms with Gasteiger partial charge >= 0.3 is 0 Å². The van der Waals surface area contributed by atoms with Gasteiger partial charge in [0.2, 0.25) is 53.2 Å². The molecule has 1 fully saturated rings. The van der Waals surface area contributed by atoms with Crippen LogP contribution in [0, 0.1) is 53.3 Å². The molecule has 0 aliphatic carbocycles. The first-order valence-electron chi connectivity index (χ1n) is 32.2. The van der Waals surface area contributed by atoms with Crippen molar-refractivity contribution in [3.05, 3.63) is 12.2 Å². The van der Waals surface area contributed by atoms with Crippen molar-refractivity contribution in [3.8, 4) is 0 Å². The molecular formula is C66H117N9O14. The van der Waals surface area contributed by atoms with Crippen LogP contribution in [0.4, 0.5) is 0 Å². The molecule has 0 aromatic rings. The molecule has 0 radical (unpaired) electrons. The van der Waals surface area contributed by atoms with Gasteiger partial charge in [-0.1, -0.05) is 109 Å². The summed E-state index contributed by atoms with van der Waals surface area (Å²) >= 11 is 0. The van der Waals surface area contributed by atoms with E-state index in [1.54, 1.807) is 47.6 Å². The molecule has 1 rings (SSSR count). The van der Waals surface area contributed by atoms with Crippen LogP contribution in [0.2, 0.25) is 0 Å². The van der Waals surface area contributed by atoms with Crippen molar-refractivity contribution in [2.24, 2.45) is 53.3 Å². The maximum absolute atomic E-state index is 15.2. The summed E-state index contributed by atoms with van der Waals surface area (Å²) in [6, 6.07) is -9.85. The van der Waals surface area contributed by atoms with Crippen molar-refractivity contribution in [1.82, 2.24) is 44.9 Å². The van der Waals surface area contributed by atoms with E-state index in [-0.39, 0.29) is 69.0 Å². The zero-order valence-electron chi connectivity index (χ0n) is 58.5. The minimum Gasteiger partial charge on any atom is -0.394 e. The first kappa shape index (κ1) is 81.2. The summed E-state index contributed by atoms with van der Waals surface area (Å²) in [5.74, 6) is -11.6. The van der Waals surface area contributed by atoms with Gasteiger partial charge in [-0.15, -0.1) is 0 Å². The van der Waals surface area contributed by atoms with Gasteiger partial charge in [0.05, 0.1) is 44.4 Å². The Morgan fingerprint density at radius 2 is 0.966 bits per heavy atom. The lowest BCUT2D eigenvalue weighted by Gasteiger charge is -2.41. The number of aliphatic hydroxyl groups excluding tert-OH is 2. The molecule has 89 heavy (non-hydrogen) atoms. The van der Waals surface area contributed by atoms with E-state index in [2.05, 4.69) is 10.6 Å². The number of carbonyl (C=O) groups excluding carboxylic acids is 11. The standard InChI is InChI=1S/C66H117N9O14/c1-24-26-27-44(15)58(80)57-53(78)34-46(25-2)61(83)69(17)36-54(79)70(18)48(30-38(3)4)60(82)68-55(42(11)12)65(87)71(19)49(31-39(5)6)59(81)67-45(16)52(77)35-47(37-89-29-28-76)62(84)72(20)50(32-40(7)8)63(85)73(21)51(33-41(9)10)64(86)74(22)56(43(13)14)66(88)75(57)23/h24,26,38-51,55-58,76,80H,25,27-37H2,1-23H3,(H,67,81)(H,68,82)/b26-24+. The SMILES string of the molecule is C/C=C/CC(C)C(O)C1C(=O)CC(CC)C(=O)N(C)CC(=O)N(C)C(CC(C)C)C(=O)NC(C(C)C)C(=O)N(C)C(CC(C)C)C(=O)NC(C)C(=O)CC(COCCO)C(=O)N(C)C(CC(C)C)C(=O)N(C)C(CC(C)C)C(=O)N(C)C(C(C)C)C(=O)N1C. The number of rotatable bonds is 19. The fraction of sp³-hybridized carbons (Fsp3) is 0.803. The van der Waals surface area contributed by atoms with Crippen LogP contribution < -0.4 is 10.6 Å². The van der Waals surface area contributed by atoms with Crippen LogP contribution in [0.1, 0.15) is 162 Å². The molecule has 23 nitrogen and oxygen atoms in total. The highest BCUT2D eigenvalue weighted by molar-refractivity contribution is 5.99. The first-order valence-corrected chi connectivity index (χ1v) is 32.2. The number of amides is 9. The minimum absolute atomic E-state index is 0.121. The second-order valence-electron chi connectivity index (χ2n) is 27.3. The number of likely N-dealkylation sites (N-methyl/N-ethyl adjacent to an activating group) is 7. The zero-order chi connectivity index (χ0) is 68.8. The highest BCUT2D eigenvalue weighted by Gasteiger charge is 2.46. The Morgan fingerprint density at radius 3 is 1.43 bits per heavy atom. The van der Waals surface area contributed by atoms with Crippen molar-refractivity contribution < 1.29 is 67.7 Å². The second kappa shape index (κ2) is 38.1. The molecule has 23 heteroatoms. The molecule has 9 amide bonds. The van der Waals surface area contributed by atoms with Crippen LogP contribution in [-0.2, 0) is 57.5 Å². The number of ether oxygens (including phenoxy) is 1. The van der Waals surface area contributed by atoms with Crippen molar-refractivity contribution in [3.63, 3.8) is 0 Å². The number of carbonyl (C=O) groups is 11. The van der Waals surface area contributed by atoms with E-state index in [0.29, 0.717) is 6.42 Å². The van der Waals surface area contributed by atoms with Crippen LogP contribution in [0.3, 0.4) is 0 Å². The summed E-state index contributed by atoms with van der Waals surface area (Å²) in [7, 11) is 9.99.